The van der Waals surface area contributed by atoms with Gasteiger partial charge in [-0.2, -0.15) is 0 Å². The zero-order valence-electron chi connectivity index (χ0n) is 10.2. The molecule has 0 radical (unpaired) electrons. The van der Waals surface area contributed by atoms with Crippen molar-refractivity contribution in [2.75, 3.05) is 0 Å². The molecule has 1 aromatic rings. The van der Waals surface area contributed by atoms with Crippen LogP contribution in [-0.4, -0.2) is 5.91 Å². The Kier molecular flexibility index (Phi) is 11.9. The Balaban J connectivity index is 0. The first kappa shape index (κ1) is 17.7. The highest BCUT2D eigenvalue weighted by molar-refractivity contribution is 6.35. The minimum Gasteiger partial charge on any atom is -0.369 e. The van der Waals surface area contributed by atoms with Gasteiger partial charge >= 0.3 is 0 Å². The molecule has 0 saturated heterocycles. The van der Waals surface area contributed by atoms with Crippen LogP contribution < -0.4 is 5.73 Å². The fourth-order valence-electron chi connectivity index (χ4n) is 0.853. The van der Waals surface area contributed by atoms with Crippen LogP contribution in [0.3, 0.4) is 0 Å². The van der Waals surface area contributed by atoms with Crippen LogP contribution in [0.4, 0.5) is 0 Å². The molecule has 1 amide bonds. The molecule has 0 saturated carbocycles. The smallest absolute Gasteiger partial charge is 0.221 e. The minimum absolute atomic E-state index is 0.149. The van der Waals surface area contributed by atoms with E-state index in [1.54, 1.807) is 18.2 Å². The van der Waals surface area contributed by atoms with Gasteiger partial charge in [0.1, 0.15) is 0 Å². The van der Waals surface area contributed by atoms with Crippen LogP contribution >= 0.6 is 23.2 Å². The topological polar surface area (TPSA) is 43.1 Å². The first-order chi connectivity index (χ1) is 7.59. The lowest BCUT2D eigenvalue weighted by Gasteiger charge is -2.00. The van der Waals surface area contributed by atoms with E-state index in [-0.39, 0.29) is 6.42 Å². The Hall–Kier alpha value is -0.730. The highest BCUT2D eigenvalue weighted by Crippen LogP contribution is 2.20. The Bertz CT molecular complexity index is 314. The molecule has 0 aromatic heterocycles. The fourth-order valence-corrected chi connectivity index (χ4v) is 1.33. The van der Waals surface area contributed by atoms with E-state index in [9.17, 15) is 4.79 Å². The monoisotopic (exact) mass is 263 g/mol. The van der Waals surface area contributed by atoms with Crippen molar-refractivity contribution in [1.29, 1.82) is 0 Å². The van der Waals surface area contributed by atoms with Gasteiger partial charge in [0.2, 0.25) is 5.91 Å². The second kappa shape index (κ2) is 10.8. The molecular formula is C12H19Cl2NO. The predicted octanol–water partition coefficient (Wildman–Crippen LogP) is 4.07. The van der Waals surface area contributed by atoms with Crippen molar-refractivity contribution in [2.45, 2.75) is 34.1 Å². The zero-order chi connectivity index (χ0) is 13.1. The van der Waals surface area contributed by atoms with Gasteiger partial charge in [-0.05, 0) is 17.7 Å². The standard InChI is InChI=1S/C8H7Cl2NO.2C2H6/c9-6-2-1-5(3-8(11)12)7(10)4-6;2*1-2/h1-2,4H,3H2,(H2,11,12);2*1-2H3. The zero-order valence-corrected chi connectivity index (χ0v) is 11.7. The summed E-state index contributed by atoms with van der Waals surface area (Å²) in [7, 11) is 0. The van der Waals surface area contributed by atoms with Crippen molar-refractivity contribution in [3.63, 3.8) is 0 Å². The number of carbonyl (C=O) groups excluding carboxylic acids is 1. The van der Waals surface area contributed by atoms with Crippen LogP contribution in [0, 0.1) is 0 Å². The van der Waals surface area contributed by atoms with E-state index in [0.717, 1.165) is 0 Å². The van der Waals surface area contributed by atoms with E-state index in [2.05, 4.69) is 0 Å². The summed E-state index contributed by atoms with van der Waals surface area (Å²) >= 11 is 11.4. The molecule has 2 N–H and O–H groups in total. The van der Waals surface area contributed by atoms with Gasteiger partial charge in [0.05, 0.1) is 6.42 Å². The van der Waals surface area contributed by atoms with E-state index < -0.39 is 5.91 Å². The molecule has 16 heavy (non-hydrogen) atoms. The molecule has 0 spiro atoms. The highest BCUT2D eigenvalue weighted by Gasteiger charge is 2.03. The molecule has 0 aliphatic carbocycles. The maximum absolute atomic E-state index is 10.5. The molecule has 0 unspecified atom stereocenters. The minimum atomic E-state index is -0.403. The summed E-state index contributed by atoms with van der Waals surface area (Å²) in [4.78, 5) is 10.5. The lowest BCUT2D eigenvalue weighted by molar-refractivity contribution is -0.117. The number of hydrogen-bond donors (Lipinski definition) is 1. The van der Waals surface area contributed by atoms with Crippen molar-refractivity contribution in [3.05, 3.63) is 33.8 Å². The van der Waals surface area contributed by atoms with Gasteiger partial charge in [0, 0.05) is 10.0 Å². The van der Waals surface area contributed by atoms with Crippen LogP contribution in [0.2, 0.25) is 10.0 Å². The average Bonchev–Trinajstić information content (AvgIpc) is 2.28. The summed E-state index contributed by atoms with van der Waals surface area (Å²) < 4.78 is 0. The van der Waals surface area contributed by atoms with E-state index in [4.69, 9.17) is 28.9 Å². The van der Waals surface area contributed by atoms with Gasteiger partial charge in [-0.1, -0.05) is 57.0 Å². The Morgan fingerprint density at radius 2 is 1.69 bits per heavy atom. The van der Waals surface area contributed by atoms with Crippen LogP contribution in [-0.2, 0) is 11.2 Å². The molecule has 0 aliphatic heterocycles. The number of hydrogen-bond acceptors (Lipinski definition) is 1. The van der Waals surface area contributed by atoms with Gasteiger partial charge in [-0.3, -0.25) is 4.79 Å². The second-order valence-electron chi connectivity index (χ2n) is 2.38. The Labute approximate surface area is 108 Å². The third-order valence-corrected chi connectivity index (χ3v) is 1.97. The third-order valence-electron chi connectivity index (χ3n) is 1.38. The van der Waals surface area contributed by atoms with Gasteiger partial charge in [0.25, 0.3) is 0 Å². The lowest BCUT2D eigenvalue weighted by atomic mass is 10.1. The molecule has 0 atom stereocenters. The Morgan fingerprint density at radius 3 is 2.06 bits per heavy atom. The first-order valence-corrected chi connectivity index (χ1v) is 6.07. The molecule has 1 rings (SSSR count). The van der Waals surface area contributed by atoms with E-state index in [0.29, 0.717) is 15.6 Å². The lowest BCUT2D eigenvalue weighted by Crippen LogP contribution is -2.13. The number of amides is 1. The van der Waals surface area contributed by atoms with E-state index in [1.807, 2.05) is 27.7 Å². The number of benzene rings is 1. The van der Waals surface area contributed by atoms with Gasteiger partial charge < -0.3 is 5.73 Å². The number of halogens is 2. The number of carbonyl (C=O) groups is 1. The SMILES string of the molecule is CC.CC.NC(=O)Cc1ccc(Cl)cc1Cl. The summed E-state index contributed by atoms with van der Waals surface area (Å²) in [5, 5.41) is 1.02. The number of primary amides is 1. The molecule has 0 aliphatic rings. The maximum Gasteiger partial charge on any atom is 0.221 e. The molecule has 1 aromatic carbocycles. The van der Waals surface area contributed by atoms with Crippen molar-refractivity contribution in [2.24, 2.45) is 5.73 Å². The summed E-state index contributed by atoms with van der Waals surface area (Å²) in [5.41, 5.74) is 5.70. The van der Waals surface area contributed by atoms with E-state index in [1.165, 1.54) is 0 Å². The summed E-state index contributed by atoms with van der Waals surface area (Å²) in [6.07, 6.45) is 0.149. The number of rotatable bonds is 2. The van der Waals surface area contributed by atoms with Crippen LogP contribution in [0.5, 0.6) is 0 Å². The molecule has 2 nitrogen and oxygen atoms in total. The largest absolute Gasteiger partial charge is 0.369 e. The van der Waals surface area contributed by atoms with Crippen LogP contribution in [0.25, 0.3) is 0 Å². The van der Waals surface area contributed by atoms with E-state index >= 15 is 0 Å². The van der Waals surface area contributed by atoms with Crippen LogP contribution in [0.15, 0.2) is 18.2 Å². The third kappa shape index (κ3) is 7.55. The predicted molar refractivity (Wildman–Crippen MR) is 72.1 cm³/mol. The quantitative estimate of drug-likeness (QED) is 0.859. The van der Waals surface area contributed by atoms with Gasteiger partial charge in [0.15, 0.2) is 0 Å². The number of nitrogens with two attached hydrogens (primary N) is 1. The molecule has 0 fully saturated rings. The molecule has 92 valence electrons. The first-order valence-electron chi connectivity index (χ1n) is 5.32. The highest BCUT2D eigenvalue weighted by atomic mass is 35.5. The van der Waals surface area contributed by atoms with Crippen molar-refractivity contribution in [3.8, 4) is 0 Å². The molecular weight excluding hydrogens is 245 g/mol. The molecule has 4 heteroatoms. The fraction of sp³-hybridized carbons (Fsp3) is 0.417. The molecule has 0 heterocycles. The van der Waals surface area contributed by atoms with Crippen LogP contribution in [0.1, 0.15) is 33.3 Å². The van der Waals surface area contributed by atoms with Crippen molar-refractivity contribution >= 4 is 29.1 Å². The van der Waals surface area contributed by atoms with Gasteiger partial charge in [-0.15, -0.1) is 0 Å². The Morgan fingerprint density at radius 1 is 1.19 bits per heavy atom. The van der Waals surface area contributed by atoms with Crippen molar-refractivity contribution < 1.29 is 4.79 Å². The summed E-state index contributed by atoms with van der Waals surface area (Å²) in [6.45, 7) is 8.00. The van der Waals surface area contributed by atoms with Gasteiger partial charge in [-0.25, -0.2) is 0 Å². The maximum atomic E-state index is 10.5. The average molecular weight is 264 g/mol. The second-order valence-corrected chi connectivity index (χ2v) is 3.22. The van der Waals surface area contributed by atoms with Crippen molar-refractivity contribution in [1.82, 2.24) is 0 Å². The molecule has 0 bridgehead atoms. The summed E-state index contributed by atoms with van der Waals surface area (Å²) in [6, 6.07) is 4.95. The normalized spacial score (nSPS) is 8.12. The summed E-state index contributed by atoms with van der Waals surface area (Å²) in [5.74, 6) is -0.403.